The molecule has 2 amide bonds. The molecule has 1 aromatic carbocycles. The fourth-order valence-electron chi connectivity index (χ4n) is 2.88. The van der Waals surface area contributed by atoms with E-state index in [0.717, 1.165) is 11.3 Å². The van der Waals surface area contributed by atoms with Gasteiger partial charge in [0.05, 0.1) is 17.8 Å². The molecule has 0 saturated carbocycles. The Bertz CT molecular complexity index is 723. The number of likely N-dealkylation sites (tertiary alicyclic amines) is 1. The maximum atomic E-state index is 12.4. The van der Waals surface area contributed by atoms with Crippen molar-refractivity contribution >= 4 is 17.8 Å². The van der Waals surface area contributed by atoms with Crippen molar-refractivity contribution in [2.75, 3.05) is 18.4 Å². The van der Waals surface area contributed by atoms with Gasteiger partial charge in [0, 0.05) is 27.1 Å². The molecule has 0 radical (unpaired) electrons. The molecule has 2 aromatic rings. The average Bonchev–Trinajstić information content (AvgIpc) is 3.16. The molecule has 2 heterocycles. The normalized spacial score (nSPS) is 17.3. The van der Waals surface area contributed by atoms with Crippen LogP contribution in [0.1, 0.15) is 13.3 Å². The Labute approximate surface area is 135 Å². The van der Waals surface area contributed by atoms with Crippen LogP contribution in [0.25, 0.3) is 11.3 Å². The van der Waals surface area contributed by atoms with Crippen LogP contribution in [0.2, 0.25) is 0 Å². The number of aromatic nitrogens is 2. The number of nitrogens with zero attached hydrogens (tertiary/aromatic N) is 3. The van der Waals surface area contributed by atoms with E-state index < -0.39 is 0 Å². The molecule has 1 atom stereocenters. The third-order valence-corrected chi connectivity index (χ3v) is 4.30. The van der Waals surface area contributed by atoms with Gasteiger partial charge in [-0.1, -0.05) is 30.3 Å². The highest BCUT2D eigenvalue weighted by molar-refractivity contribution is 5.92. The predicted octanol–water partition coefficient (Wildman–Crippen LogP) is 1.89. The summed E-state index contributed by atoms with van der Waals surface area (Å²) in [6.07, 6.45) is 2.45. The Hall–Kier alpha value is -2.63. The van der Waals surface area contributed by atoms with Gasteiger partial charge >= 0.3 is 0 Å². The molecule has 1 fully saturated rings. The molecular formula is C17H20N4O2. The molecule has 1 unspecified atom stereocenters. The van der Waals surface area contributed by atoms with Gasteiger partial charge in [0.25, 0.3) is 0 Å². The summed E-state index contributed by atoms with van der Waals surface area (Å²) in [6, 6.07) is 9.91. The first-order valence-corrected chi connectivity index (χ1v) is 7.70. The van der Waals surface area contributed by atoms with E-state index in [0.29, 0.717) is 25.5 Å². The van der Waals surface area contributed by atoms with Gasteiger partial charge in [-0.2, -0.15) is 0 Å². The second kappa shape index (κ2) is 6.24. The summed E-state index contributed by atoms with van der Waals surface area (Å²) in [6.45, 7) is 2.66. The van der Waals surface area contributed by atoms with Crippen LogP contribution in [-0.4, -0.2) is 39.4 Å². The highest BCUT2D eigenvalue weighted by Crippen LogP contribution is 2.23. The minimum absolute atomic E-state index is 0.0173. The van der Waals surface area contributed by atoms with Gasteiger partial charge in [-0.25, -0.2) is 4.98 Å². The number of hydrogen-bond acceptors (Lipinski definition) is 3. The number of nitrogens with one attached hydrogen (secondary N) is 1. The van der Waals surface area contributed by atoms with Crippen molar-refractivity contribution in [2.45, 2.75) is 13.3 Å². The second-order valence-corrected chi connectivity index (χ2v) is 5.83. The summed E-state index contributed by atoms with van der Waals surface area (Å²) >= 11 is 0. The maximum Gasteiger partial charge on any atom is 0.231 e. The van der Waals surface area contributed by atoms with Crippen LogP contribution in [0.4, 0.5) is 5.95 Å². The number of hydrogen-bond donors (Lipinski definition) is 1. The third-order valence-electron chi connectivity index (χ3n) is 4.30. The molecule has 0 aliphatic carbocycles. The lowest BCUT2D eigenvalue weighted by molar-refractivity contribution is -0.128. The minimum atomic E-state index is -0.171. The topological polar surface area (TPSA) is 67.2 Å². The molecule has 6 heteroatoms. The van der Waals surface area contributed by atoms with Crippen LogP contribution in [0.3, 0.4) is 0 Å². The molecule has 1 aliphatic rings. The zero-order valence-corrected chi connectivity index (χ0v) is 13.3. The van der Waals surface area contributed by atoms with Gasteiger partial charge in [0.15, 0.2) is 0 Å². The third kappa shape index (κ3) is 3.11. The lowest BCUT2D eigenvalue weighted by atomic mass is 10.1. The van der Waals surface area contributed by atoms with Crippen molar-refractivity contribution in [3.63, 3.8) is 0 Å². The van der Waals surface area contributed by atoms with Gasteiger partial charge < -0.3 is 9.47 Å². The molecule has 1 aliphatic heterocycles. The van der Waals surface area contributed by atoms with Crippen molar-refractivity contribution in [1.82, 2.24) is 14.5 Å². The van der Waals surface area contributed by atoms with Crippen LogP contribution in [0.15, 0.2) is 36.5 Å². The molecule has 6 nitrogen and oxygen atoms in total. The van der Waals surface area contributed by atoms with Crippen molar-refractivity contribution in [3.8, 4) is 11.3 Å². The number of carbonyl (C=O) groups excluding carboxylic acids is 2. The van der Waals surface area contributed by atoms with E-state index in [-0.39, 0.29) is 17.7 Å². The van der Waals surface area contributed by atoms with Gasteiger partial charge in [-0.3, -0.25) is 14.9 Å². The smallest absolute Gasteiger partial charge is 0.231 e. The van der Waals surface area contributed by atoms with Gasteiger partial charge in [0.1, 0.15) is 0 Å². The second-order valence-electron chi connectivity index (χ2n) is 5.83. The fourth-order valence-corrected chi connectivity index (χ4v) is 2.88. The largest absolute Gasteiger partial charge is 0.342 e. The maximum absolute atomic E-state index is 12.4. The summed E-state index contributed by atoms with van der Waals surface area (Å²) in [4.78, 5) is 29.8. The molecule has 1 aromatic heterocycles. The molecule has 120 valence electrons. The number of amides is 2. The van der Waals surface area contributed by atoms with E-state index in [1.807, 2.05) is 41.9 Å². The van der Waals surface area contributed by atoms with Crippen molar-refractivity contribution < 1.29 is 9.59 Å². The van der Waals surface area contributed by atoms with Crippen LogP contribution in [-0.2, 0) is 16.6 Å². The highest BCUT2D eigenvalue weighted by atomic mass is 16.2. The van der Waals surface area contributed by atoms with Crippen LogP contribution >= 0.6 is 0 Å². The average molecular weight is 312 g/mol. The van der Waals surface area contributed by atoms with Crippen molar-refractivity contribution in [3.05, 3.63) is 36.5 Å². The standard InChI is InChI=1S/C17H20N4O2/c1-12(22)21-9-8-14(11-21)16(23)19-17-18-10-15(20(17)2)13-6-4-3-5-7-13/h3-7,10,14H,8-9,11H2,1-2H3,(H,18,19,23). The number of anilines is 1. The molecular weight excluding hydrogens is 292 g/mol. The van der Waals surface area contributed by atoms with E-state index in [9.17, 15) is 9.59 Å². The summed E-state index contributed by atoms with van der Waals surface area (Å²) in [5, 5.41) is 2.88. The minimum Gasteiger partial charge on any atom is -0.342 e. The molecule has 23 heavy (non-hydrogen) atoms. The first-order chi connectivity index (χ1) is 11.1. The van der Waals surface area contributed by atoms with E-state index >= 15 is 0 Å². The van der Waals surface area contributed by atoms with Crippen LogP contribution in [0, 0.1) is 5.92 Å². The van der Waals surface area contributed by atoms with E-state index in [4.69, 9.17) is 0 Å². The molecule has 3 rings (SSSR count). The van der Waals surface area contributed by atoms with E-state index in [1.165, 1.54) is 6.92 Å². The van der Waals surface area contributed by atoms with Gasteiger partial charge in [0.2, 0.25) is 17.8 Å². The lowest BCUT2D eigenvalue weighted by Crippen LogP contribution is -2.30. The lowest BCUT2D eigenvalue weighted by Gasteiger charge is -2.14. The number of benzene rings is 1. The first-order valence-electron chi connectivity index (χ1n) is 7.70. The Balaban J connectivity index is 1.71. The highest BCUT2D eigenvalue weighted by Gasteiger charge is 2.30. The monoisotopic (exact) mass is 312 g/mol. The summed E-state index contributed by atoms with van der Waals surface area (Å²) in [7, 11) is 1.88. The summed E-state index contributed by atoms with van der Waals surface area (Å²) < 4.78 is 1.87. The Morgan fingerprint density at radius 3 is 2.65 bits per heavy atom. The van der Waals surface area contributed by atoms with E-state index in [1.54, 1.807) is 11.1 Å². The summed E-state index contributed by atoms with van der Waals surface area (Å²) in [5.74, 6) is 0.289. The Kier molecular flexibility index (Phi) is 4.14. The Morgan fingerprint density at radius 2 is 2.00 bits per heavy atom. The van der Waals surface area contributed by atoms with Crippen molar-refractivity contribution in [1.29, 1.82) is 0 Å². The van der Waals surface area contributed by atoms with Crippen LogP contribution in [0.5, 0.6) is 0 Å². The Morgan fingerprint density at radius 1 is 1.26 bits per heavy atom. The van der Waals surface area contributed by atoms with Gasteiger partial charge in [-0.05, 0) is 12.0 Å². The summed E-state index contributed by atoms with van der Waals surface area (Å²) in [5.41, 5.74) is 1.99. The zero-order chi connectivity index (χ0) is 16.4. The molecule has 0 spiro atoms. The zero-order valence-electron chi connectivity index (χ0n) is 13.3. The predicted molar refractivity (Wildman–Crippen MR) is 87.6 cm³/mol. The SMILES string of the molecule is CC(=O)N1CCC(C(=O)Nc2ncc(-c3ccccc3)n2C)C1. The van der Waals surface area contributed by atoms with Crippen molar-refractivity contribution in [2.24, 2.45) is 13.0 Å². The quantitative estimate of drug-likeness (QED) is 0.941. The molecule has 1 N–H and O–H groups in total. The number of rotatable bonds is 3. The number of carbonyl (C=O) groups is 2. The molecule has 1 saturated heterocycles. The first kappa shape index (κ1) is 15.3. The number of imidazole rings is 1. The van der Waals surface area contributed by atoms with Crippen LogP contribution < -0.4 is 5.32 Å². The fraction of sp³-hybridized carbons (Fsp3) is 0.353. The van der Waals surface area contributed by atoms with E-state index in [2.05, 4.69) is 10.3 Å². The van der Waals surface area contributed by atoms with Gasteiger partial charge in [-0.15, -0.1) is 0 Å². The molecule has 0 bridgehead atoms.